The highest BCUT2D eigenvalue weighted by Crippen LogP contribution is 2.33. The molecule has 1 fully saturated rings. The SMILES string of the molecule is N#Cc1cccc(C#CC(=O)Nc2cc(-c3ncc(C(F)(F)F)[nH]3)ccc2OCC2CCN(C=O)CC2)c1. The lowest BCUT2D eigenvalue weighted by Crippen LogP contribution is -2.34. The molecule has 2 N–H and O–H groups in total. The molecule has 1 aliphatic heterocycles. The number of carbonyl (C=O) groups is 2. The highest BCUT2D eigenvalue weighted by Gasteiger charge is 2.33. The van der Waals surface area contributed by atoms with Gasteiger partial charge in [-0.25, -0.2) is 4.98 Å². The van der Waals surface area contributed by atoms with Crippen molar-refractivity contribution >= 4 is 18.0 Å². The Morgan fingerprint density at radius 2 is 1.97 bits per heavy atom. The van der Waals surface area contributed by atoms with E-state index in [0.717, 1.165) is 19.3 Å². The third-order valence-electron chi connectivity index (χ3n) is 5.97. The maximum absolute atomic E-state index is 13.0. The van der Waals surface area contributed by atoms with Crippen molar-refractivity contribution in [3.05, 3.63) is 65.5 Å². The van der Waals surface area contributed by atoms with Crippen molar-refractivity contribution < 1.29 is 27.5 Å². The van der Waals surface area contributed by atoms with E-state index in [1.165, 1.54) is 12.1 Å². The van der Waals surface area contributed by atoms with Crippen LogP contribution in [-0.4, -0.2) is 46.9 Å². The van der Waals surface area contributed by atoms with Crippen molar-refractivity contribution in [3.63, 3.8) is 0 Å². The minimum Gasteiger partial charge on any atom is -0.491 e. The van der Waals surface area contributed by atoms with Gasteiger partial charge in [-0.3, -0.25) is 9.59 Å². The molecule has 1 saturated heterocycles. The van der Waals surface area contributed by atoms with Gasteiger partial charge < -0.3 is 19.9 Å². The monoisotopic (exact) mass is 521 g/mol. The van der Waals surface area contributed by atoms with Gasteiger partial charge in [0.25, 0.3) is 0 Å². The quantitative estimate of drug-likeness (QED) is 0.373. The average Bonchev–Trinajstić information content (AvgIpc) is 3.43. The van der Waals surface area contributed by atoms with Gasteiger partial charge in [-0.2, -0.15) is 18.4 Å². The maximum Gasteiger partial charge on any atom is 0.432 e. The van der Waals surface area contributed by atoms with Crippen molar-refractivity contribution in [2.75, 3.05) is 25.0 Å². The number of hydrogen-bond acceptors (Lipinski definition) is 5. The molecule has 8 nitrogen and oxygen atoms in total. The van der Waals surface area contributed by atoms with E-state index in [9.17, 15) is 22.8 Å². The largest absolute Gasteiger partial charge is 0.491 e. The zero-order chi connectivity index (χ0) is 27.1. The Hall–Kier alpha value is -4.77. The number of carbonyl (C=O) groups excluding carboxylic acids is 2. The number of benzene rings is 2. The second kappa shape index (κ2) is 11.5. The first-order valence-corrected chi connectivity index (χ1v) is 11.7. The molecular weight excluding hydrogens is 499 g/mol. The maximum atomic E-state index is 13.0. The Bertz CT molecular complexity index is 1420. The van der Waals surface area contributed by atoms with Gasteiger partial charge in [0, 0.05) is 30.1 Å². The molecule has 11 heteroatoms. The van der Waals surface area contributed by atoms with Crippen molar-refractivity contribution in [3.8, 4) is 35.0 Å². The molecular formula is C27H22F3N5O3. The average molecular weight is 521 g/mol. The Morgan fingerprint density at radius 1 is 1.21 bits per heavy atom. The summed E-state index contributed by atoms with van der Waals surface area (Å²) in [5, 5.41) is 11.7. The number of likely N-dealkylation sites (tertiary alicyclic amines) is 1. The van der Waals surface area contributed by atoms with Crippen LogP contribution < -0.4 is 10.1 Å². The number of aromatic nitrogens is 2. The van der Waals surface area contributed by atoms with Gasteiger partial charge in [0.05, 0.1) is 30.1 Å². The Morgan fingerprint density at radius 3 is 2.66 bits per heavy atom. The van der Waals surface area contributed by atoms with E-state index in [2.05, 4.69) is 27.1 Å². The smallest absolute Gasteiger partial charge is 0.432 e. The topological polar surface area (TPSA) is 111 Å². The van der Waals surface area contributed by atoms with Crippen LogP contribution in [0.4, 0.5) is 18.9 Å². The number of alkyl halides is 3. The summed E-state index contributed by atoms with van der Waals surface area (Å²) in [6, 6.07) is 13.0. The first kappa shape index (κ1) is 26.3. The third-order valence-corrected chi connectivity index (χ3v) is 5.97. The standard InChI is InChI=1S/C27H22F3N5O3/c28-27(29,30)24-15-32-26(34-24)21-5-6-23(38-16-19-8-10-35(17-36)11-9-19)22(13-21)33-25(37)7-4-18-2-1-3-20(12-18)14-31/h1-3,5-6,12-13,15,17,19H,8-11,16H2,(H,32,34)(H,33,37). The molecule has 194 valence electrons. The first-order valence-electron chi connectivity index (χ1n) is 11.7. The molecule has 2 heterocycles. The van der Waals surface area contributed by atoms with E-state index in [1.54, 1.807) is 35.2 Å². The summed E-state index contributed by atoms with van der Waals surface area (Å²) in [6.45, 7) is 1.59. The molecule has 0 radical (unpaired) electrons. The number of nitrogens with one attached hydrogen (secondary N) is 2. The second-order valence-electron chi connectivity index (χ2n) is 8.65. The number of amides is 2. The molecule has 1 aliphatic rings. The van der Waals surface area contributed by atoms with Crippen LogP contribution in [0.5, 0.6) is 5.75 Å². The highest BCUT2D eigenvalue weighted by molar-refractivity contribution is 6.05. The minimum absolute atomic E-state index is 0.0278. The van der Waals surface area contributed by atoms with Crippen LogP contribution in [0, 0.1) is 29.1 Å². The van der Waals surface area contributed by atoms with Crippen LogP contribution in [0.25, 0.3) is 11.4 Å². The number of rotatable bonds is 6. The van der Waals surface area contributed by atoms with Crippen molar-refractivity contribution in [1.82, 2.24) is 14.9 Å². The summed E-state index contributed by atoms with van der Waals surface area (Å²) in [4.78, 5) is 31.3. The van der Waals surface area contributed by atoms with E-state index < -0.39 is 17.8 Å². The zero-order valence-electron chi connectivity index (χ0n) is 20.0. The van der Waals surface area contributed by atoms with Gasteiger partial charge in [-0.15, -0.1) is 0 Å². The molecule has 2 amide bonds. The Labute approximate surface area is 216 Å². The van der Waals surface area contributed by atoms with E-state index in [0.29, 0.717) is 48.3 Å². The number of imidazole rings is 1. The molecule has 0 aliphatic carbocycles. The van der Waals surface area contributed by atoms with Crippen LogP contribution in [0.2, 0.25) is 0 Å². The second-order valence-corrected chi connectivity index (χ2v) is 8.65. The molecule has 38 heavy (non-hydrogen) atoms. The summed E-state index contributed by atoms with van der Waals surface area (Å²) in [6.07, 6.45) is -1.54. The fourth-order valence-electron chi connectivity index (χ4n) is 3.89. The van der Waals surface area contributed by atoms with Crippen molar-refractivity contribution in [2.45, 2.75) is 19.0 Å². The van der Waals surface area contributed by atoms with Gasteiger partial charge in [0.1, 0.15) is 17.3 Å². The molecule has 0 unspecified atom stereocenters. The van der Waals surface area contributed by atoms with Crippen LogP contribution in [0.15, 0.2) is 48.7 Å². The zero-order valence-corrected chi connectivity index (χ0v) is 20.0. The third kappa shape index (κ3) is 6.71. The lowest BCUT2D eigenvalue weighted by Gasteiger charge is -2.29. The van der Waals surface area contributed by atoms with E-state index in [1.807, 2.05) is 6.07 Å². The molecule has 4 rings (SSSR count). The van der Waals surface area contributed by atoms with Crippen LogP contribution in [0.3, 0.4) is 0 Å². The fraction of sp³-hybridized carbons (Fsp3) is 0.259. The summed E-state index contributed by atoms with van der Waals surface area (Å²) in [5.74, 6) is 4.94. The number of halogens is 3. The summed E-state index contributed by atoms with van der Waals surface area (Å²) in [7, 11) is 0. The van der Waals surface area contributed by atoms with Crippen molar-refractivity contribution in [2.24, 2.45) is 5.92 Å². The number of ether oxygens (including phenoxy) is 1. The normalized spacial score (nSPS) is 13.7. The number of H-pyrrole nitrogens is 1. The van der Waals surface area contributed by atoms with Gasteiger partial charge in [0.2, 0.25) is 6.41 Å². The number of nitrogens with zero attached hydrogens (tertiary/aromatic N) is 3. The summed E-state index contributed by atoms with van der Waals surface area (Å²) in [5.41, 5.74) is 0.392. The van der Waals surface area contributed by atoms with Crippen LogP contribution in [0.1, 0.15) is 29.7 Å². The highest BCUT2D eigenvalue weighted by atomic mass is 19.4. The molecule has 0 saturated carbocycles. The number of anilines is 1. The Kier molecular flexibility index (Phi) is 7.97. The van der Waals surface area contributed by atoms with E-state index in [-0.39, 0.29) is 17.4 Å². The number of hydrogen-bond donors (Lipinski definition) is 2. The molecule has 2 aromatic carbocycles. The van der Waals surface area contributed by atoms with Crippen LogP contribution >= 0.6 is 0 Å². The molecule has 0 bridgehead atoms. The summed E-state index contributed by atoms with van der Waals surface area (Å²) >= 11 is 0. The lowest BCUT2D eigenvalue weighted by molar-refractivity contribution is -0.140. The molecule has 3 aromatic rings. The summed E-state index contributed by atoms with van der Waals surface area (Å²) < 4.78 is 45.0. The molecule has 1 aromatic heterocycles. The number of nitriles is 1. The van der Waals surface area contributed by atoms with Crippen molar-refractivity contribution in [1.29, 1.82) is 5.26 Å². The van der Waals surface area contributed by atoms with E-state index >= 15 is 0 Å². The predicted octanol–water partition coefficient (Wildman–Crippen LogP) is 4.20. The van der Waals surface area contributed by atoms with Gasteiger partial charge in [-0.1, -0.05) is 12.0 Å². The Balaban J connectivity index is 1.55. The minimum atomic E-state index is -4.58. The van der Waals surface area contributed by atoms with Crippen LogP contribution in [-0.2, 0) is 15.8 Å². The van der Waals surface area contributed by atoms with Gasteiger partial charge >= 0.3 is 12.1 Å². The van der Waals surface area contributed by atoms with Gasteiger partial charge in [0.15, 0.2) is 0 Å². The number of aromatic amines is 1. The molecule has 0 spiro atoms. The first-order chi connectivity index (χ1) is 18.2. The molecule has 0 atom stereocenters. The predicted molar refractivity (Wildman–Crippen MR) is 132 cm³/mol. The fourth-order valence-corrected chi connectivity index (χ4v) is 3.89. The van der Waals surface area contributed by atoms with Gasteiger partial charge in [-0.05, 0) is 55.2 Å². The lowest BCUT2D eigenvalue weighted by atomic mass is 9.98. The van der Waals surface area contributed by atoms with E-state index in [4.69, 9.17) is 10.00 Å². The number of piperidine rings is 1.